The molecule has 56 valence electrons. The van der Waals surface area contributed by atoms with E-state index in [1.807, 2.05) is 10.9 Å². The molecule has 0 bridgehead atoms. The van der Waals surface area contributed by atoms with Gasteiger partial charge in [0.05, 0.1) is 11.7 Å². The van der Waals surface area contributed by atoms with Gasteiger partial charge in [-0.15, -0.1) is 0 Å². The van der Waals surface area contributed by atoms with E-state index >= 15 is 0 Å². The summed E-state index contributed by atoms with van der Waals surface area (Å²) in [7, 11) is 0. The van der Waals surface area contributed by atoms with E-state index < -0.39 is 0 Å². The smallest absolute Gasteiger partial charge is 0.0543 e. The highest BCUT2D eigenvalue weighted by atomic mass is 15.3. The van der Waals surface area contributed by atoms with Gasteiger partial charge < -0.3 is 0 Å². The van der Waals surface area contributed by atoms with Crippen LogP contribution in [0.1, 0.15) is 26.3 Å². The van der Waals surface area contributed by atoms with Crippen LogP contribution >= 0.6 is 0 Å². The Morgan fingerprint density at radius 1 is 1.40 bits per heavy atom. The molecule has 2 nitrogen and oxygen atoms in total. The molecular weight excluding hydrogens is 124 g/mol. The highest BCUT2D eigenvalue weighted by Gasteiger charge is 2.12. The first kappa shape index (κ1) is 7.32. The molecule has 10 heavy (non-hydrogen) atoms. The molecule has 0 amide bonds. The lowest BCUT2D eigenvalue weighted by Crippen LogP contribution is -2.21. The van der Waals surface area contributed by atoms with Gasteiger partial charge in [0.25, 0.3) is 0 Å². The first-order valence-electron chi connectivity index (χ1n) is 3.52. The minimum Gasteiger partial charge on any atom is -0.267 e. The first-order valence-corrected chi connectivity index (χ1v) is 3.52. The maximum Gasteiger partial charge on any atom is 0.0543 e. The molecule has 0 unspecified atom stereocenters. The van der Waals surface area contributed by atoms with Crippen LogP contribution < -0.4 is 0 Å². The van der Waals surface area contributed by atoms with Crippen molar-refractivity contribution in [3.8, 4) is 0 Å². The Bertz CT molecular complexity index is 217. The minimum atomic E-state index is 0.119. The molecule has 0 atom stereocenters. The van der Waals surface area contributed by atoms with Crippen molar-refractivity contribution >= 4 is 0 Å². The second-order valence-electron chi connectivity index (χ2n) is 3.63. The number of rotatable bonds is 0. The fourth-order valence-corrected chi connectivity index (χ4v) is 0.780. The fourth-order valence-electron chi connectivity index (χ4n) is 0.780. The van der Waals surface area contributed by atoms with Gasteiger partial charge >= 0.3 is 0 Å². The van der Waals surface area contributed by atoms with Gasteiger partial charge in [-0.3, -0.25) is 4.68 Å². The summed E-state index contributed by atoms with van der Waals surface area (Å²) in [6, 6.07) is 0. The van der Waals surface area contributed by atoms with Crippen LogP contribution in [0.2, 0.25) is 0 Å². The molecule has 0 aliphatic heterocycles. The van der Waals surface area contributed by atoms with Crippen molar-refractivity contribution in [2.45, 2.75) is 33.2 Å². The van der Waals surface area contributed by atoms with E-state index in [0.717, 1.165) is 0 Å². The molecule has 0 radical (unpaired) electrons. The Labute approximate surface area is 61.9 Å². The summed E-state index contributed by atoms with van der Waals surface area (Å²) in [4.78, 5) is 0. The van der Waals surface area contributed by atoms with Crippen LogP contribution in [0.4, 0.5) is 0 Å². The largest absolute Gasteiger partial charge is 0.267 e. The van der Waals surface area contributed by atoms with Crippen LogP contribution in [0.3, 0.4) is 0 Å². The molecule has 1 aromatic heterocycles. The minimum absolute atomic E-state index is 0.119. The summed E-state index contributed by atoms with van der Waals surface area (Å²) in [6.45, 7) is 8.47. The summed E-state index contributed by atoms with van der Waals surface area (Å²) in [5.74, 6) is 0. The summed E-state index contributed by atoms with van der Waals surface area (Å²) < 4.78 is 1.97. The summed E-state index contributed by atoms with van der Waals surface area (Å²) >= 11 is 0. The number of aromatic nitrogens is 2. The lowest BCUT2D eigenvalue weighted by Gasteiger charge is -2.18. The molecule has 0 saturated heterocycles. The molecule has 1 aromatic rings. The predicted molar refractivity (Wildman–Crippen MR) is 42.0 cm³/mol. The zero-order valence-corrected chi connectivity index (χ0v) is 7.05. The topological polar surface area (TPSA) is 17.8 Å². The maximum absolute atomic E-state index is 4.20. The van der Waals surface area contributed by atoms with Gasteiger partial charge in [0.1, 0.15) is 0 Å². The second kappa shape index (κ2) is 2.11. The van der Waals surface area contributed by atoms with Crippen LogP contribution in [0, 0.1) is 6.92 Å². The Kier molecular flexibility index (Phi) is 1.55. The van der Waals surface area contributed by atoms with Gasteiger partial charge in [-0.1, -0.05) is 0 Å². The summed E-state index contributed by atoms with van der Waals surface area (Å²) in [5, 5.41) is 4.20. The SMILES string of the molecule is Cc1cnn(C(C)(C)C)c1. The van der Waals surface area contributed by atoms with Crippen molar-refractivity contribution in [2.24, 2.45) is 0 Å². The van der Waals surface area contributed by atoms with E-state index in [9.17, 15) is 0 Å². The monoisotopic (exact) mass is 138 g/mol. The number of nitrogens with zero attached hydrogens (tertiary/aromatic N) is 2. The Morgan fingerprint density at radius 3 is 2.20 bits per heavy atom. The van der Waals surface area contributed by atoms with Gasteiger partial charge in [0.2, 0.25) is 0 Å². The predicted octanol–water partition coefficient (Wildman–Crippen LogP) is 1.95. The Balaban J connectivity index is 2.96. The van der Waals surface area contributed by atoms with Crippen molar-refractivity contribution in [3.63, 3.8) is 0 Å². The maximum atomic E-state index is 4.20. The third kappa shape index (κ3) is 1.38. The number of hydrogen-bond donors (Lipinski definition) is 0. The van der Waals surface area contributed by atoms with Crippen molar-refractivity contribution in [2.75, 3.05) is 0 Å². The first-order chi connectivity index (χ1) is 4.50. The highest BCUT2D eigenvalue weighted by molar-refractivity contribution is 5.01. The highest BCUT2D eigenvalue weighted by Crippen LogP contribution is 2.12. The second-order valence-corrected chi connectivity index (χ2v) is 3.63. The van der Waals surface area contributed by atoms with Crippen molar-refractivity contribution in [3.05, 3.63) is 18.0 Å². The van der Waals surface area contributed by atoms with Gasteiger partial charge in [-0.2, -0.15) is 5.10 Å². The molecule has 0 aliphatic rings. The van der Waals surface area contributed by atoms with Crippen LogP contribution in [0.5, 0.6) is 0 Å². The third-order valence-electron chi connectivity index (χ3n) is 1.40. The van der Waals surface area contributed by atoms with Gasteiger partial charge in [-0.25, -0.2) is 0 Å². The van der Waals surface area contributed by atoms with E-state index in [0.29, 0.717) is 0 Å². The molecule has 0 aromatic carbocycles. The molecule has 0 aliphatic carbocycles. The van der Waals surface area contributed by atoms with Crippen molar-refractivity contribution < 1.29 is 0 Å². The summed E-state index contributed by atoms with van der Waals surface area (Å²) in [5.41, 5.74) is 1.34. The van der Waals surface area contributed by atoms with Crippen molar-refractivity contribution in [1.82, 2.24) is 9.78 Å². The zero-order valence-electron chi connectivity index (χ0n) is 7.05. The lowest BCUT2D eigenvalue weighted by atomic mass is 10.1. The van der Waals surface area contributed by atoms with Crippen LogP contribution in [0.25, 0.3) is 0 Å². The Hall–Kier alpha value is -0.790. The van der Waals surface area contributed by atoms with Crippen LogP contribution in [0.15, 0.2) is 12.4 Å². The van der Waals surface area contributed by atoms with E-state index in [1.165, 1.54) is 5.56 Å². The van der Waals surface area contributed by atoms with Crippen molar-refractivity contribution in [1.29, 1.82) is 0 Å². The van der Waals surface area contributed by atoms with Gasteiger partial charge in [0.15, 0.2) is 0 Å². The average molecular weight is 138 g/mol. The molecule has 0 spiro atoms. The normalized spacial score (nSPS) is 12.0. The average Bonchev–Trinajstić information content (AvgIpc) is 2.11. The van der Waals surface area contributed by atoms with Gasteiger partial charge in [-0.05, 0) is 33.3 Å². The molecular formula is C8H14N2. The molecule has 0 N–H and O–H groups in total. The molecule has 0 fully saturated rings. The van der Waals surface area contributed by atoms with E-state index in [1.54, 1.807) is 0 Å². The quantitative estimate of drug-likeness (QED) is 0.535. The number of hydrogen-bond acceptors (Lipinski definition) is 1. The van der Waals surface area contributed by atoms with E-state index in [-0.39, 0.29) is 5.54 Å². The third-order valence-corrected chi connectivity index (χ3v) is 1.40. The van der Waals surface area contributed by atoms with Crippen LogP contribution in [-0.2, 0) is 5.54 Å². The van der Waals surface area contributed by atoms with Crippen LogP contribution in [-0.4, -0.2) is 9.78 Å². The van der Waals surface area contributed by atoms with Gasteiger partial charge in [0, 0.05) is 6.20 Å². The van der Waals surface area contributed by atoms with E-state index in [4.69, 9.17) is 0 Å². The summed E-state index contributed by atoms with van der Waals surface area (Å²) in [6.07, 6.45) is 3.94. The number of aryl methyl sites for hydroxylation is 1. The fraction of sp³-hybridized carbons (Fsp3) is 0.625. The Morgan fingerprint density at radius 2 is 2.00 bits per heavy atom. The standard InChI is InChI=1S/C8H14N2/c1-7-5-9-10(6-7)8(2,3)4/h5-6H,1-4H3. The van der Waals surface area contributed by atoms with E-state index in [2.05, 4.69) is 39.0 Å². The molecule has 1 rings (SSSR count). The lowest BCUT2D eigenvalue weighted by molar-refractivity contribution is 0.355. The zero-order chi connectivity index (χ0) is 7.78. The molecule has 2 heteroatoms. The molecule has 0 saturated carbocycles. The molecule has 1 heterocycles.